The summed E-state index contributed by atoms with van der Waals surface area (Å²) in [5.74, 6) is -1.80. The van der Waals surface area contributed by atoms with E-state index < -0.39 is 29.9 Å². The summed E-state index contributed by atoms with van der Waals surface area (Å²) in [6, 6.07) is 6.10. The lowest BCUT2D eigenvalue weighted by Gasteiger charge is -2.18. The van der Waals surface area contributed by atoms with E-state index in [0.717, 1.165) is 9.37 Å². The second-order valence-electron chi connectivity index (χ2n) is 5.04. The lowest BCUT2D eigenvalue weighted by molar-refractivity contribution is -0.156. The van der Waals surface area contributed by atoms with E-state index in [2.05, 4.69) is 26.6 Å². The standard InChI is InChI=1S/C15H16BrN3O5/c1-9(14(22)19-7-6-17-15(19)23)24-12(20)8-18-13(21)10-2-4-11(16)5-3-10/h2-5,9H,6-8H2,1H3,(H,17,23)(H,18,21). The van der Waals surface area contributed by atoms with Crippen molar-refractivity contribution in [1.82, 2.24) is 15.5 Å². The maximum Gasteiger partial charge on any atom is 0.326 e. The summed E-state index contributed by atoms with van der Waals surface area (Å²) >= 11 is 3.26. The molecule has 1 unspecified atom stereocenters. The lowest BCUT2D eigenvalue weighted by Crippen LogP contribution is -2.43. The van der Waals surface area contributed by atoms with Gasteiger partial charge < -0.3 is 15.4 Å². The molecule has 24 heavy (non-hydrogen) atoms. The van der Waals surface area contributed by atoms with Gasteiger partial charge in [-0.05, 0) is 31.2 Å². The highest BCUT2D eigenvalue weighted by Gasteiger charge is 2.31. The van der Waals surface area contributed by atoms with E-state index in [1.165, 1.54) is 6.92 Å². The number of imide groups is 1. The Hall–Kier alpha value is -2.42. The van der Waals surface area contributed by atoms with E-state index >= 15 is 0 Å². The molecule has 2 rings (SSSR count). The first-order valence-corrected chi connectivity index (χ1v) is 8.00. The van der Waals surface area contributed by atoms with E-state index in [4.69, 9.17) is 4.74 Å². The van der Waals surface area contributed by atoms with Gasteiger partial charge in [-0.2, -0.15) is 0 Å². The van der Waals surface area contributed by atoms with Crippen LogP contribution in [0.15, 0.2) is 28.7 Å². The van der Waals surface area contributed by atoms with Crippen LogP contribution >= 0.6 is 15.9 Å². The molecule has 1 aromatic rings. The predicted molar refractivity (Wildman–Crippen MR) is 87.1 cm³/mol. The molecule has 0 radical (unpaired) electrons. The van der Waals surface area contributed by atoms with E-state index in [9.17, 15) is 19.2 Å². The highest BCUT2D eigenvalue weighted by Crippen LogP contribution is 2.10. The minimum atomic E-state index is -1.11. The number of urea groups is 1. The molecule has 0 spiro atoms. The Labute approximate surface area is 146 Å². The highest BCUT2D eigenvalue weighted by atomic mass is 79.9. The van der Waals surface area contributed by atoms with Crippen molar-refractivity contribution in [1.29, 1.82) is 0 Å². The van der Waals surface area contributed by atoms with Gasteiger partial charge in [-0.3, -0.25) is 19.3 Å². The van der Waals surface area contributed by atoms with Gasteiger partial charge in [0.25, 0.3) is 11.8 Å². The zero-order chi connectivity index (χ0) is 17.7. The van der Waals surface area contributed by atoms with E-state index in [0.29, 0.717) is 12.1 Å². The lowest BCUT2D eigenvalue weighted by atomic mass is 10.2. The van der Waals surface area contributed by atoms with Crippen molar-refractivity contribution in [3.05, 3.63) is 34.3 Å². The minimum Gasteiger partial charge on any atom is -0.451 e. The van der Waals surface area contributed by atoms with Crippen LogP contribution in [0.25, 0.3) is 0 Å². The number of carbonyl (C=O) groups is 4. The Balaban J connectivity index is 1.80. The third-order valence-corrected chi connectivity index (χ3v) is 3.81. The smallest absolute Gasteiger partial charge is 0.326 e. The van der Waals surface area contributed by atoms with E-state index in [1.807, 2.05) is 0 Å². The van der Waals surface area contributed by atoms with Crippen LogP contribution in [0.3, 0.4) is 0 Å². The van der Waals surface area contributed by atoms with Crippen LogP contribution in [0.5, 0.6) is 0 Å². The molecular weight excluding hydrogens is 382 g/mol. The molecule has 128 valence electrons. The molecule has 1 aromatic carbocycles. The molecule has 1 aliphatic heterocycles. The highest BCUT2D eigenvalue weighted by molar-refractivity contribution is 9.10. The van der Waals surface area contributed by atoms with Crippen LogP contribution in [-0.2, 0) is 14.3 Å². The van der Waals surface area contributed by atoms with Crippen molar-refractivity contribution >= 4 is 39.7 Å². The SMILES string of the molecule is CC(OC(=O)CNC(=O)c1ccc(Br)cc1)C(=O)N1CCNC1=O. The van der Waals surface area contributed by atoms with Crippen LogP contribution in [0.1, 0.15) is 17.3 Å². The minimum absolute atomic E-state index is 0.236. The molecule has 0 saturated carbocycles. The van der Waals surface area contributed by atoms with Gasteiger partial charge in [0, 0.05) is 23.1 Å². The molecule has 2 N–H and O–H groups in total. The number of esters is 1. The number of carbonyl (C=O) groups excluding carboxylic acids is 4. The summed E-state index contributed by atoms with van der Waals surface area (Å²) in [6.07, 6.45) is -1.11. The Morgan fingerprint density at radius 2 is 2.00 bits per heavy atom. The van der Waals surface area contributed by atoms with Gasteiger partial charge in [-0.1, -0.05) is 15.9 Å². The number of hydrogen-bond donors (Lipinski definition) is 2. The van der Waals surface area contributed by atoms with Crippen molar-refractivity contribution < 1.29 is 23.9 Å². The summed E-state index contributed by atoms with van der Waals surface area (Å²) in [4.78, 5) is 48.0. The summed E-state index contributed by atoms with van der Waals surface area (Å²) in [6.45, 7) is 1.61. The second kappa shape index (κ2) is 7.91. The van der Waals surface area contributed by atoms with Crippen molar-refractivity contribution in [2.45, 2.75) is 13.0 Å². The summed E-state index contributed by atoms with van der Waals surface area (Å²) in [7, 11) is 0. The van der Waals surface area contributed by atoms with Gasteiger partial charge in [-0.15, -0.1) is 0 Å². The monoisotopic (exact) mass is 397 g/mol. The van der Waals surface area contributed by atoms with Crippen LogP contribution in [-0.4, -0.2) is 54.5 Å². The fraction of sp³-hybridized carbons (Fsp3) is 0.333. The third kappa shape index (κ3) is 4.54. The van der Waals surface area contributed by atoms with Crippen LogP contribution in [0, 0.1) is 0 Å². The number of ether oxygens (including phenoxy) is 1. The molecule has 0 aromatic heterocycles. The molecule has 1 atom stereocenters. The molecule has 9 heteroatoms. The Bertz CT molecular complexity index is 662. The Kier molecular flexibility index (Phi) is 5.91. The first-order valence-electron chi connectivity index (χ1n) is 7.21. The maximum atomic E-state index is 12.0. The second-order valence-corrected chi connectivity index (χ2v) is 5.96. The first kappa shape index (κ1) is 17.9. The van der Waals surface area contributed by atoms with Crippen LogP contribution in [0.4, 0.5) is 4.79 Å². The van der Waals surface area contributed by atoms with Gasteiger partial charge >= 0.3 is 12.0 Å². The Morgan fingerprint density at radius 3 is 2.58 bits per heavy atom. The number of amides is 4. The van der Waals surface area contributed by atoms with Crippen LogP contribution < -0.4 is 10.6 Å². The third-order valence-electron chi connectivity index (χ3n) is 3.28. The van der Waals surface area contributed by atoms with E-state index in [1.54, 1.807) is 24.3 Å². The van der Waals surface area contributed by atoms with E-state index in [-0.39, 0.29) is 13.1 Å². The largest absolute Gasteiger partial charge is 0.451 e. The zero-order valence-electron chi connectivity index (χ0n) is 12.9. The fourth-order valence-electron chi connectivity index (χ4n) is 2.05. The van der Waals surface area contributed by atoms with Gasteiger partial charge in [0.2, 0.25) is 0 Å². The maximum absolute atomic E-state index is 12.0. The zero-order valence-corrected chi connectivity index (χ0v) is 14.5. The number of hydrogen-bond acceptors (Lipinski definition) is 5. The first-order chi connectivity index (χ1) is 11.4. The van der Waals surface area contributed by atoms with Gasteiger partial charge in [0.05, 0.1) is 0 Å². The molecule has 0 bridgehead atoms. The molecule has 8 nitrogen and oxygen atoms in total. The molecule has 1 aliphatic rings. The van der Waals surface area contributed by atoms with Crippen LogP contribution in [0.2, 0.25) is 0 Å². The summed E-state index contributed by atoms with van der Waals surface area (Å²) in [5.41, 5.74) is 0.392. The number of halogens is 1. The number of rotatable bonds is 5. The molecular formula is C15H16BrN3O5. The van der Waals surface area contributed by atoms with Crippen molar-refractivity contribution in [2.24, 2.45) is 0 Å². The molecule has 0 aliphatic carbocycles. The normalized spacial score (nSPS) is 14.8. The fourth-order valence-corrected chi connectivity index (χ4v) is 2.31. The predicted octanol–water partition coefficient (Wildman–Crippen LogP) is 0.662. The summed E-state index contributed by atoms with van der Waals surface area (Å²) in [5, 5.41) is 4.89. The quantitative estimate of drug-likeness (QED) is 0.710. The average molecular weight is 398 g/mol. The van der Waals surface area contributed by atoms with Gasteiger partial charge in [0.15, 0.2) is 6.10 Å². The number of nitrogens with zero attached hydrogens (tertiary/aromatic N) is 1. The number of nitrogens with one attached hydrogen (secondary N) is 2. The van der Waals surface area contributed by atoms with Crippen molar-refractivity contribution in [3.63, 3.8) is 0 Å². The molecule has 1 saturated heterocycles. The molecule has 1 fully saturated rings. The number of benzene rings is 1. The topological polar surface area (TPSA) is 105 Å². The molecule has 1 heterocycles. The molecule has 4 amide bonds. The summed E-state index contributed by atoms with van der Waals surface area (Å²) < 4.78 is 5.78. The van der Waals surface area contributed by atoms with Crippen molar-refractivity contribution in [3.8, 4) is 0 Å². The van der Waals surface area contributed by atoms with Gasteiger partial charge in [0.1, 0.15) is 6.54 Å². The average Bonchev–Trinajstić information content (AvgIpc) is 2.98. The Morgan fingerprint density at radius 1 is 1.33 bits per heavy atom. The van der Waals surface area contributed by atoms with Crippen molar-refractivity contribution in [2.75, 3.05) is 19.6 Å². The van der Waals surface area contributed by atoms with Gasteiger partial charge in [-0.25, -0.2) is 4.79 Å².